The van der Waals surface area contributed by atoms with Crippen LogP contribution in [0.25, 0.3) is 21.6 Å². The van der Waals surface area contributed by atoms with Gasteiger partial charge in [-0.3, -0.25) is 14.4 Å². The molecule has 0 bridgehead atoms. The summed E-state index contributed by atoms with van der Waals surface area (Å²) in [6.07, 6.45) is 3.54. The number of aromatic nitrogens is 1. The summed E-state index contributed by atoms with van der Waals surface area (Å²) in [4.78, 5) is 45.2. The van der Waals surface area contributed by atoms with E-state index in [1.165, 1.54) is 17.2 Å². The zero-order valence-corrected chi connectivity index (χ0v) is 33.7. The predicted octanol–water partition coefficient (Wildman–Crippen LogP) is 6.67. The zero-order chi connectivity index (χ0) is 40.2. The minimum Gasteiger partial charge on any atom is -0.469 e. The van der Waals surface area contributed by atoms with Gasteiger partial charge in [-0.05, 0) is 104 Å². The Balaban J connectivity index is 1.64. The largest absolute Gasteiger partial charge is 0.469 e. The van der Waals surface area contributed by atoms with Crippen LogP contribution in [0.5, 0.6) is 0 Å². The summed E-state index contributed by atoms with van der Waals surface area (Å²) in [6.45, 7) is 14.9. The smallest absolute Gasteiger partial charge is 0.307 e. The van der Waals surface area contributed by atoms with Crippen molar-refractivity contribution in [3.05, 3.63) is 103 Å². The highest BCUT2D eigenvalue weighted by atomic mass is 16.5. The number of hydrogen-bond donors (Lipinski definition) is 1. The fourth-order valence-electron chi connectivity index (χ4n) is 6.49. The number of ether oxygens (including phenoxy) is 4. The standard InChI is InChI=1S/C42H60N6O7/c1-30(2)11-12-38(42(51)45-37(29-40(50)52-7)35-9-8-10-36(28-35)41-32(4)25-31(3)26-33(41)5)48-17-14-34(27-39(48)49)13-16-47(6)18-20-54-22-24-55-23-21-53-19-15-44-46-43/h8-10,14,17,25-28,30,37-38H,11-13,15-16,18-24,29H2,1-7H3,(H,45,51)/t37-,38?/m0/s1. The second-order valence-corrected chi connectivity index (χ2v) is 14.4. The lowest BCUT2D eigenvalue weighted by Crippen LogP contribution is -2.39. The normalized spacial score (nSPS) is 12.4. The molecule has 1 aromatic heterocycles. The molecule has 0 saturated carbocycles. The molecular formula is C42H60N6O7. The Morgan fingerprint density at radius 3 is 2.22 bits per heavy atom. The maximum absolute atomic E-state index is 14.2. The Morgan fingerprint density at radius 2 is 1.58 bits per heavy atom. The molecule has 3 rings (SSSR count). The molecule has 300 valence electrons. The van der Waals surface area contributed by atoms with Crippen molar-refractivity contribution in [2.45, 2.75) is 72.4 Å². The molecule has 0 spiro atoms. The van der Waals surface area contributed by atoms with Crippen molar-refractivity contribution >= 4 is 11.9 Å². The molecule has 0 aliphatic rings. The van der Waals surface area contributed by atoms with Crippen molar-refractivity contribution in [3.63, 3.8) is 0 Å². The minimum atomic E-state index is -0.755. The predicted molar refractivity (Wildman–Crippen MR) is 215 cm³/mol. The van der Waals surface area contributed by atoms with Crippen molar-refractivity contribution in [1.82, 2.24) is 14.8 Å². The molecule has 0 aliphatic heterocycles. The summed E-state index contributed by atoms with van der Waals surface area (Å²) in [5, 5.41) is 6.53. The Hall–Kier alpha value is -4.52. The zero-order valence-electron chi connectivity index (χ0n) is 33.7. The van der Waals surface area contributed by atoms with Crippen LogP contribution in [0.15, 0.2) is 64.6 Å². The second-order valence-electron chi connectivity index (χ2n) is 14.4. The molecule has 3 aromatic rings. The highest BCUT2D eigenvalue weighted by molar-refractivity contribution is 5.82. The number of likely N-dealkylation sites (N-methyl/N-ethyl adjacent to an activating group) is 1. The van der Waals surface area contributed by atoms with E-state index in [1.54, 1.807) is 12.3 Å². The number of azide groups is 1. The lowest BCUT2D eigenvalue weighted by Gasteiger charge is -2.25. The SMILES string of the molecule is COC(=O)C[C@H](NC(=O)C(CCC(C)C)n1ccc(CCN(C)CCOCCOCCOCCN=[N+]=[N-])cc1=O)c1cccc(-c2c(C)cc(C)cc2C)c1. The van der Waals surface area contributed by atoms with E-state index in [9.17, 15) is 14.4 Å². The van der Waals surface area contributed by atoms with E-state index in [4.69, 9.17) is 24.5 Å². The molecular weight excluding hydrogens is 700 g/mol. The average molecular weight is 761 g/mol. The number of nitrogens with one attached hydrogen (secondary N) is 1. The first-order chi connectivity index (χ1) is 26.4. The highest BCUT2D eigenvalue weighted by Gasteiger charge is 2.27. The van der Waals surface area contributed by atoms with E-state index in [0.29, 0.717) is 64.9 Å². The van der Waals surface area contributed by atoms with Gasteiger partial charge in [-0.15, -0.1) is 0 Å². The summed E-state index contributed by atoms with van der Waals surface area (Å²) in [5.74, 6) is -0.441. The molecule has 0 fully saturated rings. The first-order valence-electron chi connectivity index (χ1n) is 19.1. The molecule has 2 atom stereocenters. The van der Waals surface area contributed by atoms with E-state index >= 15 is 0 Å². The molecule has 1 unspecified atom stereocenters. The van der Waals surface area contributed by atoms with Gasteiger partial charge < -0.3 is 33.7 Å². The lowest BCUT2D eigenvalue weighted by atomic mass is 9.91. The van der Waals surface area contributed by atoms with Crippen LogP contribution in [0.4, 0.5) is 0 Å². The number of aryl methyl sites for hydroxylation is 3. The first-order valence-corrected chi connectivity index (χ1v) is 19.1. The van der Waals surface area contributed by atoms with Crippen LogP contribution in [0.1, 0.15) is 73.0 Å². The first kappa shape index (κ1) is 44.9. The molecule has 2 aromatic carbocycles. The average Bonchev–Trinajstić information content (AvgIpc) is 3.14. The summed E-state index contributed by atoms with van der Waals surface area (Å²) in [5.41, 5.74) is 15.3. The highest BCUT2D eigenvalue weighted by Crippen LogP contribution is 2.31. The van der Waals surface area contributed by atoms with Crippen molar-refractivity contribution < 1.29 is 28.5 Å². The van der Waals surface area contributed by atoms with Gasteiger partial charge in [0.05, 0.1) is 59.2 Å². The van der Waals surface area contributed by atoms with Crippen LogP contribution >= 0.6 is 0 Å². The van der Waals surface area contributed by atoms with Crippen LogP contribution in [0.3, 0.4) is 0 Å². The van der Waals surface area contributed by atoms with E-state index in [-0.39, 0.29) is 17.9 Å². The van der Waals surface area contributed by atoms with Gasteiger partial charge in [-0.25, -0.2) is 0 Å². The Morgan fingerprint density at radius 1 is 0.909 bits per heavy atom. The van der Waals surface area contributed by atoms with Gasteiger partial charge in [0.25, 0.3) is 5.56 Å². The Labute approximate surface area is 325 Å². The summed E-state index contributed by atoms with van der Waals surface area (Å²) < 4.78 is 23.0. The van der Waals surface area contributed by atoms with Gasteiger partial charge in [0.2, 0.25) is 5.91 Å². The number of methoxy groups -OCH3 is 1. The number of hydrogen-bond acceptors (Lipinski definition) is 9. The molecule has 0 radical (unpaired) electrons. The number of nitrogens with zero attached hydrogens (tertiary/aromatic N) is 5. The van der Waals surface area contributed by atoms with Gasteiger partial charge in [0.15, 0.2) is 0 Å². The number of rotatable bonds is 25. The molecule has 0 aliphatic carbocycles. The minimum absolute atomic E-state index is 0.0493. The van der Waals surface area contributed by atoms with E-state index in [1.807, 2.05) is 37.4 Å². The topological polar surface area (TPSA) is 157 Å². The van der Waals surface area contributed by atoms with Gasteiger partial charge in [-0.2, -0.15) is 0 Å². The molecule has 0 saturated heterocycles. The van der Waals surface area contributed by atoms with E-state index < -0.39 is 18.1 Å². The molecule has 55 heavy (non-hydrogen) atoms. The van der Waals surface area contributed by atoms with Crippen molar-refractivity contribution in [3.8, 4) is 11.1 Å². The fourth-order valence-corrected chi connectivity index (χ4v) is 6.49. The van der Waals surface area contributed by atoms with Crippen LogP contribution in [-0.4, -0.2) is 94.8 Å². The molecule has 1 N–H and O–H groups in total. The van der Waals surface area contributed by atoms with Crippen molar-refractivity contribution in [2.24, 2.45) is 11.0 Å². The van der Waals surface area contributed by atoms with Crippen LogP contribution in [0.2, 0.25) is 0 Å². The molecule has 1 heterocycles. The second kappa shape index (κ2) is 24.1. The van der Waals surface area contributed by atoms with Crippen molar-refractivity contribution in [1.29, 1.82) is 0 Å². The molecule has 13 heteroatoms. The lowest BCUT2D eigenvalue weighted by molar-refractivity contribution is -0.141. The summed E-state index contributed by atoms with van der Waals surface area (Å²) in [6, 6.07) is 14.3. The Bertz CT molecular complexity index is 1750. The third-order valence-electron chi connectivity index (χ3n) is 9.38. The number of benzene rings is 2. The van der Waals surface area contributed by atoms with Crippen LogP contribution < -0.4 is 10.9 Å². The third-order valence-corrected chi connectivity index (χ3v) is 9.38. The van der Waals surface area contributed by atoms with Gasteiger partial charge in [0, 0.05) is 36.8 Å². The van der Waals surface area contributed by atoms with Gasteiger partial charge in [-0.1, -0.05) is 54.9 Å². The number of carbonyl (C=O) groups is 2. The third kappa shape index (κ3) is 15.6. The number of esters is 1. The maximum atomic E-state index is 14.2. The quantitative estimate of drug-likeness (QED) is 0.0330. The molecule has 13 nitrogen and oxygen atoms in total. The molecule has 1 amide bonds. The van der Waals surface area contributed by atoms with Crippen LogP contribution in [-0.2, 0) is 35.0 Å². The number of carbonyl (C=O) groups excluding carboxylic acids is 2. The number of pyridine rings is 1. The van der Waals surface area contributed by atoms with Gasteiger partial charge in [0.1, 0.15) is 6.04 Å². The number of amides is 1. The Kier molecular flexibility index (Phi) is 19.7. The monoisotopic (exact) mass is 760 g/mol. The van der Waals surface area contributed by atoms with Crippen LogP contribution in [0, 0.1) is 26.7 Å². The van der Waals surface area contributed by atoms with E-state index in [2.05, 4.69) is 67.0 Å². The summed E-state index contributed by atoms with van der Waals surface area (Å²) >= 11 is 0. The maximum Gasteiger partial charge on any atom is 0.307 e. The van der Waals surface area contributed by atoms with E-state index in [0.717, 1.165) is 52.9 Å². The summed E-state index contributed by atoms with van der Waals surface area (Å²) in [7, 11) is 3.34. The van der Waals surface area contributed by atoms with Crippen molar-refractivity contribution in [2.75, 3.05) is 73.4 Å². The fraction of sp³-hybridized carbons (Fsp3) is 0.548. The van der Waals surface area contributed by atoms with Gasteiger partial charge >= 0.3 is 5.97 Å².